The summed E-state index contributed by atoms with van der Waals surface area (Å²) < 4.78 is 11.2. The molecule has 0 unspecified atom stereocenters. The van der Waals surface area contributed by atoms with Crippen LogP contribution in [0.4, 0.5) is 11.4 Å². The highest BCUT2D eigenvalue weighted by molar-refractivity contribution is 7.80. The Balaban J connectivity index is 1.27. The van der Waals surface area contributed by atoms with Crippen molar-refractivity contribution in [2.75, 3.05) is 11.9 Å². The summed E-state index contributed by atoms with van der Waals surface area (Å²) in [6.07, 6.45) is 0. The molecular weight excluding hydrogens is 516 g/mol. The normalized spacial score (nSPS) is 10.7. The number of amides is 1. The maximum atomic E-state index is 12.6. The fraction of sp³-hybridized carbons (Fsp3) is 0.0690. The second kappa shape index (κ2) is 11.1. The predicted octanol–water partition coefficient (Wildman–Crippen LogP) is 6.60. The Morgan fingerprint density at radius 3 is 2.41 bits per heavy atom. The zero-order chi connectivity index (χ0) is 27.4. The van der Waals surface area contributed by atoms with Crippen LogP contribution in [0.5, 0.6) is 5.75 Å². The van der Waals surface area contributed by atoms with Crippen molar-refractivity contribution in [2.45, 2.75) is 6.92 Å². The molecule has 0 bridgehead atoms. The van der Waals surface area contributed by atoms with Crippen LogP contribution >= 0.6 is 12.2 Å². The number of carbonyl (C=O) groups is 1. The van der Waals surface area contributed by atoms with Gasteiger partial charge < -0.3 is 14.5 Å². The number of hydrogen-bond donors (Lipinski definition) is 2. The van der Waals surface area contributed by atoms with Gasteiger partial charge in [0.2, 0.25) is 5.89 Å². The van der Waals surface area contributed by atoms with Gasteiger partial charge in [-0.3, -0.25) is 20.2 Å². The molecule has 10 heteroatoms. The molecule has 0 saturated heterocycles. The van der Waals surface area contributed by atoms with E-state index in [2.05, 4.69) is 27.8 Å². The number of ether oxygens (including phenoxy) is 1. The molecule has 0 fully saturated rings. The molecule has 1 amide bonds. The third-order valence-corrected chi connectivity index (χ3v) is 6.03. The van der Waals surface area contributed by atoms with E-state index < -0.39 is 10.8 Å². The minimum absolute atomic E-state index is 0.0242. The minimum Gasteiger partial charge on any atom is -0.487 e. The monoisotopic (exact) mass is 538 g/mol. The van der Waals surface area contributed by atoms with E-state index in [0.29, 0.717) is 22.7 Å². The van der Waals surface area contributed by atoms with Gasteiger partial charge in [0.05, 0.1) is 11.5 Å². The molecule has 0 spiro atoms. The van der Waals surface area contributed by atoms with Gasteiger partial charge in [0.15, 0.2) is 16.4 Å². The van der Waals surface area contributed by atoms with Crippen LogP contribution in [-0.2, 0) is 0 Å². The van der Waals surface area contributed by atoms with Gasteiger partial charge in [-0.15, -0.1) is 0 Å². The summed E-state index contributed by atoms with van der Waals surface area (Å²) in [4.78, 5) is 28.0. The van der Waals surface area contributed by atoms with Crippen molar-refractivity contribution in [1.82, 2.24) is 10.3 Å². The van der Waals surface area contributed by atoms with E-state index in [0.717, 1.165) is 22.8 Å². The molecule has 1 aromatic heterocycles. The van der Waals surface area contributed by atoms with Crippen LogP contribution in [0.3, 0.4) is 0 Å². The van der Waals surface area contributed by atoms with Crippen LogP contribution < -0.4 is 15.4 Å². The van der Waals surface area contributed by atoms with E-state index >= 15 is 0 Å². The fourth-order valence-electron chi connectivity index (χ4n) is 3.98. The number of fused-ring (bicyclic) bond motifs is 1. The number of anilines is 1. The first-order valence-electron chi connectivity index (χ1n) is 12.0. The molecule has 0 aliphatic heterocycles. The number of nitro benzene ring substituents is 1. The molecule has 0 aliphatic rings. The van der Waals surface area contributed by atoms with Gasteiger partial charge in [0, 0.05) is 22.9 Å². The predicted molar refractivity (Wildman–Crippen MR) is 153 cm³/mol. The van der Waals surface area contributed by atoms with Crippen LogP contribution in [0.2, 0.25) is 0 Å². The van der Waals surface area contributed by atoms with Crippen molar-refractivity contribution in [3.05, 3.63) is 107 Å². The lowest BCUT2D eigenvalue weighted by molar-refractivity contribution is -0.385. The second-order valence-electron chi connectivity index (χ2n) is 8.43. The Kier molecular flexibility index (Phi) is 7.28. The largest absolute Gasteiger partial charge is 0.487 e. The van der Waals surface area contributed by atoms with Crippen LogP contribution in [-0.4, -0.2) is 27.5 Å². The number of benzene rings is 4. The third-order valence-electron chi connectivity index (χ3n) is 5.83. The minimum atomic E-state index is -0.600. The van der Waals surface area contributed by atoms with E-state index in [9.17, 15) is 14.9 Å². The summed E-state index contributed by atoms with van der Waals surface area (Å²) in [6, 6.07) is 27.3. The summed E-state index contributed by atoms with van der Waals surface area (Å²) in [5, 5.41) is 16.8. The van der Waals surface area contributed by atoms with Gasteiger partial charge >= 0.3 is 5.69 Å². The number of nitro groups is 1. The Labute approximate surface area is 228 Å². The average molecular weight is 539 g/mol. The zero-order valence-electron chi connectivity index (χ0n) is 20.7. The highest BCUT2D eigenvalue weighted by atomic mass is 32.1. The number of rotatable bonds is 7. The van der Waals surface area contributed by atoms with Gasteiger partial charge in [0.25, 0.3) is 5.91 Å². The second-order valence-corrected chi connectivity index (χ2v) is 8.83. The number of hydrogen-bond acceptors (Lipinski definition) is 7. The quantitative estimate of drug-likeness (QED) is 0.135. The van der Waals surface area contributed by atoms with Crippen LogP contribution in [0.15, 0.2) is 95.4 Å². The standard InChI is InChI=1S/C29H22N4O5S/c1-2-37-26-14-12-21(16-24(26)33(35)36)27(34)32-29(39)30-22-13-15-25-23(17-22)31-28(38-25)20-10-8-19(9-11-20)18-6-4-3-5-7-18/h3-17H,2H2,1H3,(H2,30,32,34,39). The van der Waals surface area contributed by atoms with Crippen molar-refractivity contribution < 1.29 is 18.9 Å². The summed E-state index contributed by atoms with van der Waals surface area (Å²) in [7, 11) is 0. The number of carbonyl (C=O) groups excluding carboxylic acids is 1. The summed E-state index contributed by atoms with van der Waals surface area (Å²) >= 11 is 5.28. The number of oxazole rings is 1. The molecule has 0 aliphatic carbocycles. The van der Waals surface area contributed by atoms with E-state index in [1.54, 1.807) is 25.1 Å². The zero-order valence-corrected chi connectivity index (χ0v) is 21.5. The SMILES string of the molecule is CCOc1ccc(C(=O)NC(=S)Nc2ccc3oc(-c4ccc(-c5ccccc5)cc4)nc3c2)cc1[N+](=O)[O-]. The lowest BCUT2D eigenvalue weighted by Crippen LogP contribution is -2.34. The maximum Gasteiger partial charge on any atom is 0.311 e. The lowest BCUT2D eigenvalue weighted by atomic mass is 10.0. The van der Waals surface area contributed by atoms with Gasteiger partial charge in [0.1, 0.15) is 5.52 Å². The molecule has 4 aromatic carbocycles. The van der Waals surface area contributed by atoms with Gasteiger partial charge in [-0.05, 0) is 72.7 Å². The fourth-order valence-corrected chi connectivity index (χ4v) is 4.19. The molecule has 39 heavy (non-hydrogen) atoms. The van der Waals surface area contributed by atoms with Crippen molar-refractivity contribution in [3.63, 3.8) is 0 Å². The van der Waals surface area contributed by atoms with Crippen LogP contribution in [0, 0.1) is 10.1 Å². The molecular formula is C29H22N4O5S. The van der Waals surface area contributed by atoms with Crippen molar-refractivity contribution in [2.24, 2.45) is 0 Å². The Morgan fingerprint density at radius 1 is 0.974 bits per heavy atom. The highest BCUT2D eigenvalue weighted by Gasteiger charge is 2.19. The molecule has 0 saturated carbocycles. The van der Waals surface area contributed by atoms with Crippen molar-refractivity contribution in [3.8, 4) is 28.3 Å². The summed E-state index contributed by atoms with van der Waals surface area (Å²) in [5.74, 6) is -0.0238. The van der Waals surface area contributed by atoms with E-state index in [1.807, 2.05) is 42.5 Å². The number of nitrogens with zero attached hydrogens (tertiary/aromatic N) is 2. The van der Waals surface area contributed by atoms with Gasteiger partial charge in [-0.25, -0.2) is 4.98 Å². The molecule has 1 heterocycles. The third kappa shape index (κ3) is 5.76. The van der Waals surface area contributed by atoms with E-state index in [4.69, 9.17) is 21.4 Å². The summed E-state index contributed by atoms with van der Waals surface area (Å²) in [5.41, 5.74) is 4.63. The first kappa shape index (κ1) is 25.6. The van der Waals surface area contributed by atoms with Crippen molar-refractivity contribution in [1.29, 1.82) is 0 Å². The molecule has 0 radical (unpaired) electrons. The van der Waals surface area contributed by atoms with Gasteiger partial charge in [-0.1, -0.05) is 42.5 Å². The lowest BCUT2D eigenvalue weighted by Gasteiger charge is -2.10. The first-order valence-corrected chi connectivity index (χ1v) is 12.4. The maximum absolute atomic E-state index is 12.6. The molecule has 194 valence electrons. The smallest absolute Gasteiger partial charge is 0.311 e. The molecule has 9 nitrogen and oxygen atoms in total. The first-order chi connectivity index (χ1) is 18.9. The average Bonchev–Trinajstić information content (AvgIpc) is 3.37. The Morgan fingerprint density at radius 2 is 1.69 bits per heavy atom. The molecule has 0 atom stereocenters. The topological polar surface area (TPSA) is 120 Å². The Hall–Kier alpha value is -5.09. The van der Waals surface area contributed by atoms with Gasteiger partial charge in [-0.2, -0.15) is 0 Å². The van der Waals surface area contributed by atoms with Crippen LogP contribution in [0.1, 0.15) is 17.3 Å². The van der Waals surface area contributed by atoms with E-state index in [1.165, 1.54) is 12.1 Å². The summed E-state index contributed by atoms with van der Waals surface area (Å²) in [6.45, 7) is 1.98. The van der Waals surface area contributed by atoms with E-state index in [-0.39, 0.29) is 28.7 Å². The number of nitrogens with one attached hydrogen (secondary N) is 2. The Bertz CT molecular complexity index is 1680. The molecule has 5 aromatic rings. The highest BCUT2D eigenvalue weighted by Crippen LogP contribution is 2.29. The molecule has 2 N–H and O–H groups in total. The van der Waals surface area contributed by atoms with Crippen LogP contribution in [0.25, 0.3) is 33.7 Å². The number of aromatic nitrogens is 1. The molecule has 5 rings (SSSR count). The van der Waals surface area contributed by atoms with Crippen molar-refractivity contribution >= 4 is 45.7 Å². The number of thiocarbonyl (C=S) groups is 1.